The fourth-order valence-electron chi connectivity index (χ4n) is 3.52. The maximum atomic E-state index is 12.6. The van der Waals surface area contributed by atoms with E-state index in [1.807, 2.05) is 36.7 Å². The minimum atomic E-state index is -0.215. The van der Waals surface area contributed by atoms with Gasteiger partial charge in [-0.15, -0.1) is 0 Å². The quantitative estimate of drug-likeness (QED) is 0.511. The number of nitrogens with zero attached hydrogens (tertiary/aromatic N) is 4. The first-order chi connectivity index (χ1) is 15.4. The van der Waals surface area contributed by atoms with Gasteiger partial charge in [-0.05, 0) is 42.3 Å². The number of carbonyl (C=O) groups is 2. The van der Waals surface area contributed by atoms with Gasteiger partial charge < -0.3 is 14.8 Å². The first-order valence-electron chi connectivity index (χ1n) is 10.4. The molecular weight excluding hydrogens is 402 g/mol. The minimum Gasteiger partial charge on any atom is -0.348 e. The number of benzene rings is 2. The van der Waals surface area contributed by atoms with Crippen LogP contribution in [-0.2, 0) is 13.1 Å². The molecule has 0 saturated heterocycles. The standard InChI is InChI=1S/C25H25N5O2/c1-17-20(12-13-22(28-17)25(32)29(2)3)24(31)26-14-18-8-10-19(11-9-18)15-30-16-27-21-6-4-5-7-23(21)30/h4-13,16H,14-15H2,1-3H3,(H,26,31). The summed E-state index contributed by atoms with van der Waals surface area (Å²) in [6.07, 6.45) is 1.85. The highest BCUT2D eigenvalue weighted by Crippen LogP contribution is 2.15. The number of hydrogen-bond acceptors (Lipinski definition) is 4. The van der Waals surface area contributed by atoms with E-state index in [0.717, 1.165) is 28.7 Å². The number of hydrogen-bond donors (Lipinski definition) is 1. The maximum absolute atomic E-state index is 12.6. The van der Waals surface area contributed by atoms with E-state index in [9.17, 15) is 9.59 Å². The number of pyridine rings is 1. The molecule has 0 unspecified atom stereocenters. The first-order valence-corrected chi connectivity index (χ1v) is 10.4. The van der Waals surface area contributed by atoms with Crippen LogP contribution in [0.15, 0.2) is 67.0 Å². The van der Waals surface area contributed by atoms with E-state index in [4.69, 9.17) is 0 Å². The number of amides is 2. The molecule has 0 bridgehead atoms. The van der Waals surface area contributed by atoms with Crippen molar-refractivity contribution < 1.29 is 9.59 Å². The Kier molecular flexibility index (Phi) is 5.98. The van der Waals surface area contributed by atoms with Gasteiger partial charge in [0, 0.05) is 27.2 Å². The number of imidazole rings is 1. The van der Waals surface area contributed by atoms with Crippen LogP contribution in [0.25, 0.3) is 11.0 Å². The number of para-hydroxylation sites is 2. The zero-order valence-corrected chi connectivity index (χ0v) is 18.4. The van der Waals surface area contributed by atoms with Crippen LogP contribution in [0, 0.1) is 6.92 Å². The lowest BCUT2D eigenvalue weighted by Crippen LogP contribution is -2.26. The van der Waals surface area contributed by atoms with Gasteiger partial charge in [0.05, 0.1) is 28.6 Å². The van der Waals surface area contributed by atoms with E-state index in [-0.39, 0.29) is 11.8 Å². The summed E-state index contributed by atoms with van der Waals surface area (Å²) in [5.41, 5.74) is 5.56. The van der Waals surface area contributed by atoms with Crippen molar-refractivity contribution >= 4 is 22.8 Å². The highest BCUT2D eigenvalue weighted by molar-refractivity contribution is 5.97. The first kappa shape index (κ1) is 21.2. The van der Waals surface area contributed by atoms with E-state index < -0.39 is 0 Å². The van der Waals surface area contributed by atoms with Crippen LogP contribution in [0.1, 0.15) is 37.7 Å². The van der Waals surface area contributed by atoms with Crippen molar-refractivity contribution in [2.75, 3.05) is 14.1 Å². The number of carbonyl (C=O) groups excluding carboxylic acids is 2. The van der Waals surface area contributed by atoms with Crippen molar-refractivity contribution in [3.05, 3.63) is 95.1 Å². The summed E-state index contributed by atoms with van der Waals surface area (Å²) in [6.45, 7) is 2.87. The third kappa shape index (κ3) is 4.51. The summed E-state index contributed by atoms with van der Waals surface area (Å²) in [4.78, 5) is 34.8. The molecule has 0 aliphatic heterocycles. The van der Waals surface area contributed by atoms with E-state index in [2.05, 4.69) is 38.1 Å². The predicted molar refractivity (Wildman–Crippen MR) is 123 cm³/mol. The van der Waals surface area contributed by atoms with Gasteiger partial charge in [0.1, 0.15) is 5.69 Å². The molecule has 2 aromatic heterocycles. The monoisotopic (exact) mass is 427 g/mol. The van der Waals surface area contributed by atoms with Crippen molar-refractivity contribution in [3.8, 4) is 0 Å². The highest BCUT2D eigenvalue weighted by atomic mass is 16.2. The molecule has 7 nitrogen and oxygen atoms in total. The topological polar surface area (TPSA) is 80.1 Å². The second-order valence-corrected chi connectivity index (χ2v) is 7.89. The molecule has 162 valence electrons. The fourth-order valence-corrected chi connectivity index (χ4v) is 3.52. The highest BCUT2D eigenvalue weighted by Gasteiger charge is 2.15. The predicted octanol–water partition coefficient (Wildman–Crippen LogP) is 3.42. The number of aryl methyl sites for hydroxylation is 1. The Labute approximate surface area is 186 Å². The van der Waals surface area contributed by atoms with Crippen molar-refractivity contribution in [1.82, 2.24) is 24.8 Å². The molecule has 1 N–H and O–H groups in total. The Balaban J connectivity index is 1.38. The van der Waals surface area contributed by atoms with Crippen LogP contribution in [0.3, 0.4) is 0 Å². The molecule has 0 fully saturated rings. The third-order valence-electron chi connectivity index (χ3n) is 5.31. The molecule has 0 radical (unpaired) electrons. The maximum Gasteiger partial charge on any atom is 0.271 e. The Morgan fingerprint density at radius 1 is 0.969 bits per heavy atom. The Morgan fingerprint density at radius 2 is 1.69 bits per heavy atom. The smallest absolute Gasteiger partial charge is 0.271 e. The van der Waals surface area contributed by atoms with Gasteiger partial charge in [0.2, 0.25) is 0 Å². The van der Waals surface area contributed by atoms with Crippen molar-refractivity contribution in [3.63, 3.8) is 0 Å². The summed E-state index contributed by atoms with van der Waals surface area (Å²) < 4.78 is 2.12. The zero-order valence-electron chi connectivity index (χ0n) is 18.4. The zero-order chi connectivity index (χ0) is 22.7. The summed E-state index contributed by atoms with van der Waals surface area (Å²) in [5, 5.41) is 2.93. The Morgan fingerprint density at radius 3 is 2.41 bits per heavy atom. The molecule has 2 amide bonds. The van der Waals surface area contributed by atoms with Gasteiger partial charge >= 0.3 is 0 Å². The minimum absolute atomic E-state index is 0.191. The number of rotatable bonds is 6. The lowest BCUT2D eigenvalue weighted by molar-refractivity contribution is 0.0820. The number of fused-ring (bicyclic) bond motifs is 1. The molecule has 0 spiro atoms. The van der Waals surface area contributed by atoms with Crippen LogP contribution >= 0.6 is 0 Å². The second-order valence-electron chi connectivity index (χ2n) is 7.89. The normalized spacial score (nSPS) is 10.8. The van der Waals surface area contributed by atoms with Gasteiger partial charge in [-0.1, -0.05) is 36.4 Å². The fraction of sp³-hybridized carbons (Fsp3) is 0.200. The summed E-state index contributed by atoms with van der Waals surface area (Å²) in [7, 11) is 3.34. The van der Waals surface area contributed by atoms with Crippen molar-refractivity contribution in [2.24, 2.45) is 0 Å². The van der Waals surface area contributed by atoms with Crippen molar-refractivity contribution in [2.45, 2.75) is 20.0 Å². The molecule has 7 heteroatoms. The van der Waals surface area contributed by atoms with E-state index >= 15 is 0 Å². The lowest BCUT2D eigenvalue weighted by atomic mass is 10.1. The van der Waals surface area contributed by atoms with Crippen LogP contribution < -0.4 is 5.32 Å². The molecule has 0 atom stereocenters. The van der Waals surface area contributed by atoms with Gasteiger partial charge in [0.25, 0.3) is 11.8 Å². The number of aromatic nitrogens is 3. The molecular formula is C25H25N5O2. The summed E-state index contributed by atoms with van der Waals surface area (Å²) >= 11 is 0. The van der Waals surface area contributed by atoms with E-state index in [1.165, 1.54) is 4.90 Å². The third-order valence-corrected chi connectivity index (χ3v) is 5.31. The van der Waals surface area contributed by atoms with Crippen LogP contribution in [-0.4, -0.2) is 45.3 Å². The lowest BCUT2D eigenvalue weighted by Gasteiger charge is -2.12. The SMILES string of the molecule is Cc1nc(C(=O)N(C)C)ccc1C(=O)NCc1ccc(Cn2cnc3ccccc32)cc1. The molecule has 0 aliphatic carbocycles. The van der Waals surface area contributed by atoms with Crippen LogP contribution in [0.4, 0.5) is 0 Å². The molecule has 2 aromatic carbocycles. The molecule has 0 aliphatic rings. The molecule has 4 aromatic rings. The molecule has 32 heavy (non-hydrogen) atoms. The van der Waals surface area contributed by atoms with Gasteiger partial charge in [0.15, 0.2) is 0 Å². The van der Waals surface area contributed by atoms with Gasteiger partial charge in [-0.2, -0.15) is 0 Å². The van der Waals surface area contributed by atoms with Crippen molar-refractivity contribution in [1.29, 1.82) is 0 Å². The van der Waals surface area contributed by atoms with Gasteiger partial charge in [-0.25, -0.2) is 9.97 Å². The molecule has 2 heterocycles. The average Bonchev–Trinajstić information content (AvgIpc) is 3.20. The van der Waals surface area contributed by atoms with Crippen LogP contribution in [0.5, 0.6) is 0 Å². The largest absolute Gasteiger partial charge is 0.348 e. The summed E-state index contributed by atoms with van der Waals surface area (Å²) in [5.74, 6) is -0.406. The average molecular weight is 428 g/mol. The Hall–Kier alpha value is -4.00. The van der Waals surface area contributed by atoms with E-state index in [0.29, 0.717) is 23.5 Å². The second kappa shape index (κ2) is 9.01. The Bertz CT molecular complexity index is 1280. The molecule has 0 saturated carbocycles. The number of nitrogens with one attached hydrogen (secondary N) is 1. The van der Waals surface area contributed by atoms with Gasteiger partial charge in [-0.3, -0.25) is 9.59 Å². The van der Waals surface area contributed by atoms with E-state index in [1.54, 1.807) is 33.2 Å². The molecule has 4 rings (SSSR count). The van der Waals surface area contributed by atoms with Crippen LogP contribution in [0.2, 0.25) is 0 Å². The summed E-state index contributed by atoms with van der Waals surface area (Å²) in [6, 6.07) is 19.4.